The van der Waals surface area contributed by atoms with Gasteiger partial charge in [0.2, 0.25) is 0 Å². The minimum absolute atomic E-state index is 0.137. The molecule has 78 valence electrons. The maximum atomic E-state index is 12.9. The van der Waals surface area contributed by atoms with Crippen molar-refractivity contribution in [1.29, 1.82) is 0 Å². The highest BCUT2D eigenvalue weighted by Crippen LogP contribution is 2.24. The Bertz CT molecular complexity index is 424. The zero-order valence-electron chi connectivity index (χ0n) is 8.28. The molecule has 0 fully saturated rings. The van der Waals surface area contributed by atoms with E-state index in [2.05, 4.69) is 4.99 Å². The number of halogens is 1. The first-order chi connectivity index (χ1) is 7.31. The lowest BCUT2D eigenvalue weighted by Gasteiger charge is -2.12. The van der Waals surface area contributed by atoms with Crippen molar-refractivity contribution >= 4 is 11.8 Å². The van der Waals surface area contributed by atoms with E-state index < -0.39 is 0 Å². The van der Waals surface area contributed by atoms with Crippen LogP contribution < -0.4 is 0 Å². The largest absolute Gasteiger partial charge is 0.392 e. The van der Waals surface area contributed by atoms with Gasteiger partial charge in [-0.25, -0.2) is 4.39 Å². The molecule has 0 unspecified atom stereocenters. The van der Waals surface area contributed by atoms with Gasteiger partial charge < -0.3 is 5.11 Å². The van der Waals surface area contributed by atoms with E-state index in [1.165, 1.54) is 12.1 Å². The second-order valence-electron chi connectivity index (χ2n) is 3.46. The lowest BCUT2D eigenvalue weighted by Crippen LogP contribution is -1.99. The van der Waals surface area contributed by atoms with E-state index >= 15 is 0 Å². The van der Waals surface area contributed by atoms with Crippen LogP contribution in [0.4, 0.5) is 4.39 Å². The molecule has 1 heterocycles. The number of aliphatic hydroxyl groups is 1. The highest BCUT2D eigenvalue weighted by Gasteiger charge is 2.09. The standard InChI is InChI=1S/C12H12FNO/c13-11-1-2-12(10(7-11)8-15)9-3-5-14-6-4-9/h1-3,5,7,15H,4,6,8H2. The quantitative estimate of drug-likeness (QED) is 0.788. The predicted molar refractivity (Wildman–Crippen MR) is 58.3 cm³/mol. The number of dihydropyridines is 1. The summed E-state index contributed by atoms with van der Waals surface area (Å²) in [6.07, 6.45) is 4.51. The highest BCUT2D eigenvalue weighted by molar-refractivity contribution is 5.86. The molecular weight excluding hydrogens is 193 g/mol. The molecule has 0 amide bonds. The number of allylic oxidation sites excluding steroid dienone is 1. The summed E-state index contributed by atoms with van der Waals surface area (Å²) in [7, 11) is 0. The molecule has 15 heavy (non-hydrogen) atoms. The van der Waals surface area contributed by atoms with Crippen molar-refractivity contribution in [3.63, 3.8) is 0 Å². The maximum absolute atomic E-state index is 12.9. The molecule has 1 aromatic carbocycles. The van der Waals surface area contributed by atoms with E-state index in [0.717, 1.165) is 24.1 Å². The Kier molecular flexibility index (Phi) is 2.92. The van der Waals surface area contributed by atoms with Crippen molar-refractivity contribution in [3.05, 3.63) is 41.2 Å². The minimum atomic E-state index is -0.312. The fraction of sp³-hybridized carbons (Fsp3) is 0.250. The number of aliphatic hydroxyl groups excluding tert-OH is 1. The summed E-state index contributed by atoms with van der Waals surface area (Å²) < 4.78 is 12.9. The number of aliphatic imine (C=N–C) groups is 1. The van der Waals surface area contributed by atoms with Gasteiger partial charge in [-0.1, -0.05) is 6.07 Å². The second-order valence-corrected chi connectivity index (χ2v) is 3.46. The molecule has 1 aliphatic rings. The third kappa shape index (κ3) is 2.13. The summed E-state index contributed by atoms with van der Waals surface area (Å²) in [5.74, 6) is -0.312. The Labute approximate surface area is 87.8 Å². The average molecular weight is 205 g/mol. The van der Waals surface area contributed by atoms with Crippen LogP contribution in [0.5, 0.6) is 0 Å². The van der Waals surface area contributed by atoms with E-state index in [4.69, 9.17) is 5.11 Å². The van der Waals surface area contributed by atoms with Crippen LogP contribution in [0.1, 0.15) is 17.5 Å². The van der Waals surface area contributed by atoms with Crippen LogP contribution in [0.15, 0.2) is 29.3 Å². The number of rotatable bonds is 2. The van der Waals surface area contributed by atoms with E-state index in [9.17, 15) is 4.39 Å². The molecule has 1 aromatic rings. The van der Waals surface area contributed by atoms with Crippen LogP contribution in [0.2, 0.25) is 0 Å². The molecule has 3 heteroatoms. The molecule has 0 atom stereocenters. The van der Waals surface area contributed by atoms with Crippen molar-refractivity contribution < 1.29 is 9.50 Å². The van der Waals surface area contributed by atoms with Gasteiger partial charge in [0, 0.05) is 12.8 Å². The van der Waals surface area contributed by atoms with Gasteiger partial charge in [0.25, 0.3) is 0 Å². The maximum Gasteiger partial charge on any atom is 0.123 e. The summed E-state index contributed by atoms with van der Waals surface area (Å²) in [5, 5.41) is 9.15. The molecule has 2 nitrogen and oxygen atoms in total. The summed E-state index contributed by atoms with van der Waals surface area (Å²) in [6, 6.07) is 4.51. The number of hydrogen-bond donors (Lipinski definition) is 1. The van der Waals surface area contributed by atoms with Crippen molar-refractivity contribution in [1.82, 2.24) is 0 Å². The Morgan fingerprint density at radius 1 is 1.40 bits per heavy atom. The van der Waals surface area contributed by atoms with Crippen LogP contribution in [-0.4, -0.2) is 17.9 Å². The highest BCUT2D eigenvalue weighted by atomic mass is 19.1. The Morgan fingerprint density at radius 3 is 2.93 bits per heavy atom. The lowest BCUT2D eigenvalue weighted by molar-refractivity contribution is 0.281. The van der Waals surface area contributed by atoms with E-state index in [1.54, 1.807) is 12.3 Å². The van der Waals surface area contributed by atoms with Gasteiger partial charge in [0.05, 0.1) is 6.61 Å². The van der Waals surface area contributed by atoms with Gasteiger partial charge in [-0.2, -0.15) is 0 Å². The molecule has 2 rings (SSSR count). The zero-order valence-corrected chi connectivity index (χ0v) is 8.28. The fourth-order valence-corrected chi connectivity index (χ4v) is 1.72. The summed E-state index contributed by atoms with van der Waals surface area (Å²) in [5.41, 5.74) is 2.66. The Hall–Kier alpha value is -1.48. The third-order valence-electron chi connectivity index (χ3n) is 2.47. The van der Waals surface area contributed by atoms with Gasteiger partial charge in [0.15, 0.2) is 0 Å². The van der Waals surface area contributed by atoms with Crippen LogP contribution in [-0.2, 0) is 6.61 Å². The molecule has 0 bridgehead atoms. The van der Waals surface area contributed by atoms with Crippen LogP contribution in [0, 0.1) is 5.82 Å². The molecule has 0 saturated heterocycles. The van der Waals surface area contributed by atoms with Gasteiger partial charge in [-0.15, -0.1) is 0 Å². The van der Waals surface area contributed by atoms with Crippen molar-refractivity contribution in [2.45, 2.75) is 13.0 Å². The Morgan fingerprint density at radius 2 is 2.27 bits per heavy atom. The van der Waals surface area contributed by atoms with Crippen LogP contribution in [0.3, 0.4) is 0 Å². The first kappa shape index (κ1) is 10.1. The number of hydrogen-bond acceptors (Lipinski definition) is 2. The predicted octanol–water partition coefficient (Wildman–Crippen LogP) is 2.18. The molecule has 0 aromatic heterocycles. The molecule has 0 aliphatic carbocycles. The van der Waals surface area contributed by atoms with Crippen LogP contribution >= 0.6 is 0 Å². The topological polar surface area (TPSA) is 32.6 Å². The third-order valence-corrected chi connectivity index (χ3v) is 2.47. The number of nitrogens with zero attached hydrogens (tertiary/aromatic N) is 1. The lowest BCUT2D eigenvalue weighted by atomic mass is 9.96. The smallest absolute Gasteiger partial charge is 0.123 e. The minimum Gasteiger partial charge on any atom is -0.392 e. The molecule has 1 aliphatic heterocycles. The van der Waals surface area contributed by atoms with Gasteiger partial charge in [0.1, 0.15) is 5.82 Å². The molecule has 0 radical (unpaired) electrons. The van der Waals surface area contributed by atoms with Crippen molar-refractivity contribution in [2.75, 3.05) is 6.54 Å². The summed E-state index contributed by atoms with van der Waals surface area (Å²) in [6.45, 7) is 0.621. The molecular formula is C12H12FNO. The van der Waals surface area contributed by atoms with Crippen molar-refractivity contribution in [2.24, 2.45) is 4.99 Å². The molecule has 0 saturated carbocycles. The fourth-order valence-electron chi connectivity index (χ4n) is 1.72. The average Bonchev–Trinajstić information content (AvgIpc) is 2.30. The number of benzene rings is 1. The molecule has 0 spiro atoms. The zero-order chi connectivity index (χ0) is 10.7. The van der Waals surface area contributed by atoms with Crippen LogP contribution in [0.25, 0.3) is 5.57 Å². The van der Waals surface area contributed by atoms with Gasteiger partial charge in [-0.05, 0) is 41.3 Å². The first-order valence-electron chi connectivity index (χ1n) is 4.90. The monoisotopic (exact) mass is 205 g/mol. The SMILES string of the molecule is OCc1cc(F)ccc1C1=CC=NCC1. The normalized spacial score (nSPS) is 15.2. The van der Waals surface area contributed by atoms with Crippen molar-refractivity contribution in [3.8, 4) is 0 Å². The Balaban J connectivity index is 2.42. The molecule has 1 N–H and O–H groups in total. The first-order valence-corrected chi connectivity index (χ1v) is 4.90. The van der Waals surface area contributed by atoms with E-state index in [-0.39, 0.29) is 12.4 Å². The van der Waals surface area contributed by atoms with Gasteiger partial charge >= 0.3 is 0 Å². The summed E-state index contributed by atoms with van der Waals surface area (Å²) in [4.78, 5) is 4.09. The van der Waals surface area contributed by atoms with E-state index in [1.807, 2.05) is 6.08 Å². The summed E-state index contributed by atoms with van der Waals surface area (Å²) >= 11 is 0. The van der Waals surface area contributed by atoms with Gasteiger partial charge in [-0.3, -0.25) is 4.99 Å². The van der Waals surface area contributed by atoms with E-state index in [0.29, 0.717) is 5.56 Å². The second kappa shape index (κ2) is 4.36.